The molecule has 0 aliphatic heterocycles. The minimum atomic E-state index is -4.64. The number of carbonyl (C=O) groups is 2. The van der Waals surface area contributed by atoms with Gasteiger partial charge in [0.05, 0.1) is 23.6 Å². The Hall–Kier alpha value is -5.47. The zero-order valence-electron chi connectivity index (χ0n) is 27.3. The number of hydrogen-bond acceptors (Lipinski definition) is 10. The van der Waals surface area contributed by atoms with Crippen molar-refractivity contribution in [2.45, 2.75) is 32.4 Å². The molecule has 0 saturated carbocycles. The number of carbonyl (C=O) groups excluding carboxylic acids is 2. The minimum Gasteiger partial charge on any atom is -0.480 e. The van der Waals surface area contributed by atoms with Gasteiger partial charge in [-0.15, -0.1) is 0 Å². The third kappa shape index (κ3) is 6.41. The molecule has 45 heavy (non-hydrogen) atoms. The van der Waals surface area contributed by atoms with E-state index in [1.807, 2.05) is 6.92 Å². The fraction of sp³-hybridized carbons (Fsp3) is 0.267. The van der Waals surface area contributed by atoms with Gasteiger partial charge in [-0.3, -0.25) is 9.59 Å². The van der Waals surface area contributed by atoms with Crippen LogP contribution in [0.4, 0.5) is 19.0 Å². The van der Waals surface area contributed by atoms with E-state index in [4.69, 9.17) is 17.8 Å². The molecular weight excluding hydrogens is 595 g/mol. The highest BCUT2D eigenvalue weighted by Crippen LogP contribution is 2.39. The highest BCUT2D eigenvalue weighted by molar-refractivity contribution is 6.11. The molecule has 0 aliphatic rings. The largest absolute Gasteiger partial charge is 0.480 e. The molecule has 0 spiro atoms. The second-order valence-corrected chi connectivity index (χ2v) is 10.1. The van der Waals surface area contributed by atoms with Gasteiger partial charge >= 0.3 is 6.18 Å². The lowest BCUT2D eigenvalue weighted by Gasteiger charge is -2.23. The first kappa shape index (κ1) is 27.1. The molecular formula is C30H28F3N7O5. The number of pyridine rings is 2. The van der Waals surface area contributed by atoms with Gasteiger partial charge in [0.2, 0.25) is 18.0 Å². The number of furan rings is 1. The first-order valence-electron chi connectivity index (χ1n) is 14.8. The highest BCUT2D eigenvalue weighted by Gasteiger charge is 2.31. The van der Waals surface area contributed by atoms with Crippen molar-refractivity contribution in [2.24, 2.45) is 0 Å². The minimum absolute atomic E-state index is 0.00844. The Labute approximate surface area is 258 Å². The summed E-state index contributed by atoms with van der Waals surface area (Å²) in [5.74, 6) is -2.27. The summed E-state index contributed by atoms with van der Waals surface area (Å²) in [7, 11) is 2.63. The summed E-state index contributed by atoms with van der Waals surface area (Å²) in [4.78, 5) is 39.1. The molecule has 5 rings (SSSR count). The summed E-state index contributed by atoms with van der Waals surface area (Å²) < 4.78 is 80.2. The van der Waals surface area contributed by atoms with Crippen LogP contribution in [0.3, 0.4) is 0 Å². The number of aromatic nitrogens is 4. The zero-order chi connectivity index (χ0) is 35.0. The molecule has 1 unspecified atom stereocenters. The number of hydrogen-bond donors (Lipinski definition) is 3. The summed E-state index contributed by atoms with van der Waals surface area (Å²) in [5.41, 5.74) is -0.943. The van der Waals surface area contributed by atoms with Gasteiger partial charge in [0.1, 0.15) is 23.7 Å². The Kier molecular flexibility index (Phi) is 7.17. The van der Waals surface area contributed by atoms with Crippen molar-refractivity contribution in [1.29, 1.82) is 0 Å². The molecule has 0 saturated heterocycles. The number of halogens is 3. The van der Waals surface area contributed by atoms with E-state index in [9.17, 15) is 22.8 Å². The van der Waals surface area contributed by atoms with Crippen molar-refractivity contribution >= 4 is 28.7 Å². The Morgan fingerprint density at radius 3 is 2.47 bits per heavy atom. The predicted molar refractivity (Wildman–Crippen MR) is 157 cm³/mol. The maximum Gasteiger partial charge on any atom is 0.405 e. The van der Waals surface area contributed by atoms with Crippen molar-refractivity contribution < 1.29 is 40.5 Å². The number of anilines is 1. The number of ether oxygens (including phenoxy) is 1. The van der Waals surface area contributed by atoms with E-state index in [0.717, 1.165) is 12.0 Å². The molecule has 1 atom stereocenters. The molecule has 4 aromatic heterocycles. The van der Waals surface area contributed by atoms with Crippen LogP contribution in [0.25, 0.3) is 33.6 Å². The number of alkyl halides is 3. The first-order valence-corrected chi connectivity index (χ1v) is 13.3. The average Bonchev–Trinajstić information content (AvgIpc) is 3.71. The van der Waals surface area contributed by atoms with E-state index in [1.54, 1.807) is 24.3 Å². The van der Waals surface area contributed by atoms with Gasteiger partial charge in [-0.05, 0) is 32.8 Å². The number of fused-ring (bicyclic) bond motifs is 1. The lowest BCUT2D eigenvalue weighted by molar-refractivity contribution is -0.115. The standard InChI is InChI=1S/C30H28F3N7O5/c1-15-6-8-16(9-7-15)22-21(25(42)34-4)19-11-18(23(38-27(19)45-22)36-13-30(31,32)33)17-10-20(26(43-5)35-12-17)24(41)39-29(2,3)28-37-14-44-40-28/h6-12,14H,13H2,1-5H3,(H,34,42)(H,36,38)(H,39,41)/i2D3. The maximum absolute atomic E-state index is 13.7. The number of nitrogens with zero attached hydrogens (tertiary/aromatic N) is 4. The Morgan fingerprint density at radius 2 is 1.84 bits per heavy atom. The fourth-order valence-corrected chi connectivity index (χ4v) is 4.49. The monoisotopic (exact) mass is 626 g/mol. The number of nitrogens with one attached hydrogen (secondary N) is 3. The van der Waals surface area contributed by atoms with Gasteiger partial charge in [-0.1, -0.05) is 35.0 Å². The van der Waals surface area contributed by atoms with Crippen molar-refractivity contribution in [3.05, 3.63) is 71.5 Å². The summed E-state index contributed by atoms with van der Waals surface area (Å²) in [6, 6.07) is 9.68. The van der Waals surface area contributed by atoms with Crippen LogP contribution in [0, 0.1) is 6.92 Å². The van der Waals surface area contributed by atoms with Crippen LogP contribution in [0.2, 0.25) is 0 Å². The van der Waals surface area contributed by atoms with Crippen molar-refractivity contribution in [1.82, 2.24) is 30.7 Å². The average molecular weight is 627 g/mol. The Morgan fingerprint density at radius 1 is 1.09 bits per heavy atom. The Bertz CT molecular complexity index is 1980. The molecule has 12 nitrogen and oxygen atoms in total. The van der Waals surface area contributed by atoms with Crippen LogP contribution >= 0.6 is 0 Å². The molecule has 5 aromatic rings. The van der Waals surface area contributed by atoms with Gasteiger partial charge in [0.25, 0.3) is 11.8 Å². The third-order valence-corrected chi connectivity index (χ3v) is 6.68. The second-order valence-electron chi connectivity index (χ2n) is 10.1. The normalized spacial score (nSPS) is 14.2. The Balaban J connectivity index is 1.70. The van der Waals surface area contributed by atoms with E-state index in [1.165, 1.54) is 39.4 Å². The SMILES string of the molecule is [2H]C([2H])([2H])C(C)(NC(=O)c1cc(-c2cc3c(C(=O)NC)c(-c4ccc(C)cc4)oc3nc2NCC(F)(F)F)cnc1OC)c1ncon1. The van der Waals surface area contributed by atoms with Gasteiger partial charge < -0.3 is 29.6 Å². The molecule has 0 radical (unpaired) electrons. The molecule has 0 fully saturated rings. The number of amides is 2. The fourth-order valence-electron chi connectivity index (χ4n) is 4.49. The molecule has 0 bridgehead atoms. The van der Waals surface area contributed by atoms with E-state index < -0.39 is 36.9 Å². The highest BCUT2D eigenvalue weighted by atomic mass is 19.4. The van der Waals surface area contributed by atoms with Gasteiger partial charge in [-0.25, -0.2) is 4.98 Å². The van der Waals surface area contributed by atoms with Crippen molar-refractivity contribution in [2.75, 3.05) is 26.0 Å². The van der Waals surface area contributed by atoms with E-state index in [-0.39, 0.29) is 56.6 Å². The lowest BCUT2D eigenvalue weighted by atomic mass is 10.00. The van der Waals surface area contributed by atoms with E-state index >= 15 is 0 Å². The smallest absolute Gasteiger partial charge is 0.405 e. The summed E-state index contributed by atoms with van der Waals surface area (Å²) in [6.45, 7) is -1.29. The summed E-state index contributed by atoms with van der Waals surface area (Å²) >= 11 is 0. The third-order valence-electron chi connectivity index (χ3n) is 6.68. The van der Waals surface area contributed by atoms with Crippen molar-refractivity contribution in [3.8, 4) is 28.3 Å². The molecule has 234 valence electrons. The quantitative estimate of drug-likeness (QED) is 0.197. The molecule has 0 aliphatic carbocycles. The number of aryl methyl sites for hydroxylation is 1. The van der Waals surface area contributed by atoms with Crippen LogP contribution in [-0.4, -0.2) is 58.8 Å². The van der Waals surface area contributed by atoms with Gasteiger partial charge in [-0.2, -0.15) is 23.1 Å². The predicted octanol–water partition coefficient (Wildman–Crippen LogP) is 5.26. The van der Waals surface area contributed by atoms with Gasteiger partial charge in [0, 0.05) is 34.0 Å². The maximum atomic E-state index is 13.7. The summed E-state index contributed by atoms with van der Waals surface area (Å²) in [6.07, 6.45) is -2.52. The topological polar surface area (TPSA) is 157 Å². The summed E-state index contributed by atoms with van der Waals surface area (Å²) in [5, 5.41) is 11.0. The van der Waals surface area contributed by atoms with Gasteiger partial charge in [0.15, 0.2) is 5.82 Å². The second kappa shape index (κ2) is 11.9. The van der Waals surface area contributed by atoms with Crippen LogP contribution in [0.1, 0.15) is 50.0 Å². The molecule has 1 aromatic carbocycles. The number of benzene rings is 1. The van der Waals surface area contributed by atoms with E-state index in [2.05, 4.69) is 36.1 Å². The van der Waals surface area contributed by atoms with Crippen LogP contribution in [-0.2, 0) is 5.54 Å². The first-order chi connectivity index (χ1) is 22.6. The number of methoxy groups -OCH3 is 1. The van der Waals surface area contributed by atoms with E-state index in [0.29, 0.717) is 5.56 Å². The molecule has 15 heteroatoms. The van der Waals surface area contributed by atoms with Crippen LogP contribution in [0.15, 0.2) is 57.9 Å². The van der Waals surface area contributed by atoms with Crippen LogP contribution < -0.4 is 20.7 Å². The molecule has 4 heterocycles. The molecule has 2 amide bonds. The van der Waals surface area contributed by atoms with Crippen LogP contribution in [0.5, 0.6) is 5.88 Å². The van der Waals surface area contributed by atoms with Crippen molar-refractivity contribution in [3.63, 3.8) is 0 Å². The number of rotatable bonds is 9. The molecule has 3 N–H and O–H groups in total. The lowest BCUT2D eigenvalue weighted by Crippen LogP contribution is -2.42. The zero-order valence-corrected chi connectivity index (χ0v) is 24.3.